The molecule has 2 saturated heterocycles. The van der Waals surface area contributed by atoms with Crippen LogP contribution in [0, 0.1) is 12.3 Å². The average molecular weight is 232 g/mol. The Bertz CT molecular complexity index is 384. The minimum absolute atomic E-state index is 0.607. The van der Waals surface area contributed by atoms with Crippen LogP contribution in [0.1, 0.15) is 18.4 Å². The van der Waals surface area contributed by atoms with E-state index < -0.39 is 0 Å². The fraction of sp³-hybridized carbons (Fsp3) is 0.692. The zero-order chi connectivity index (χ0) is 11.9. The van der Waals surface area contributed by atoms with Crippen molar-refractivity contribution >= 4 is 5.95 Å². The summed E-state index contributed by atoms with van der Waals surface area (Å²) in [5, 5.41) is 0. The minimum Gasteiger partial charge on any atom is -0.341 e. The van der Waals surface area contributed by atoms with Crippen LogP contribution in [0.15, 0.2) is 12.4 Å². The first-order chi connectivity index (χ1) is 8.17. The quantitative estimate of drug-likeness (QED) is 0.731. The molecule has 1 aromatic heterocycles. The van der Waals surface area contributed by atoms with Crippen LogP contribution in [0.25, 0.3) is 0 Å². The first-order valence-electron chi connectivity index (χ1n) is 6.39. The molecule has 2 aliphatic heterocycles. The van der Waals surface area contributed by atoms with Gasteiger partial charge in [0.15, 0.2) is 0 Å². The first kappa shape index (κ1) is 11.0. The third kappa shape index (κ3) is 2.02. The Morgan fingerprint density at radius 3 is 2.24 bits per heavy atom. The summed E-state index contributed by atoms with van der Waals surface area (Å²) in [4.78, 5) is 13.6. The van der Waals surface area contributed by atoms with Crippen molar-refractivity contribution < 1.29 is 0 Å². The monoisotopic (exact) mass is 232 g/mol. The van der Waals surface area contributed by atoms with Crippen molar-refractivity contribution in [3.05, 3.63) is 18.0 Å². The normalized spacial score (nSPS) is 23.8. The zero-order valence-corrected chi connectivity index (χ0v) is 10.7. The number of aromatic nitrogens is 2. The maximum absolute atomic E-state index is 4.41. The third-order valence-corrected chi connectivity index (χ3v) is 4.08. The number of piperidine rings is 1. The van der Waals surface area contributed by atoms with E-state index in [4.69, 9.17) is 0 Å². The molecule has 0 unspecified atom stereocenters. The molecule has 1 aromatic rings. The molecule has 0 N–H and O–H groups in total. The van der Waals surface area contributed by atoms with Gasteiger partial charge in [-0.05, 0) is 37.8 Å². The van der Waals surface area contributed by atoms with Gasteiger partial charge in [-0.1, -0.05) is 0 Å². The van der Waals surface area contributed by atoms with E-state index in [1.807, 2.05) is 19.3 Å². The summed E-state index contributed by atoms with van der Waals surface area (Å²) < 4.78 is 0. The molecule has 17 heavy (non-hydrogen) atoms. The summed E-state index contributed by atoms with van der Waals surface area (Å²) in [6, 6.07) is 0. The number of anilines is 1. The summed E-state index contributed by atoms with van der Waals surface area (Å²) in [6.07, 6.45) is 6.39. The lowest BCUT2D eigenvalue weighted by Crippen LogP contribution is -2.58. The molecule has 0 atom stereocenters. The Morgan fingerprint density at radius 1 is 1.12 bits per heavy atom. The van der Waals surface area contributed by atoms with Crippen LogP contribution < -0.4 is 4.90 Å². The van der Waals surface area contributed by atoms with Gasteiger partial charge in [0.25, 0.3) is 0 Å². The van der Waals surface area contributed by atoms with Gasteiger partial charge in [-0.15, -0.1) is 0 Å². The molecule has 0 aromatic carbocycles. The average Bonchev–Trinajstić information content (AvgIpc) is 2.30. The van der Waals surface area contributed by atoms with Crippen LogP contribution in [-0.2, 0) is 0 Å². The van der Waals surface area contributed by atoms with Crippen LogP contribution in [-0.4, -0.2) is 48.1 Å². The van der Waals surface area contributed by atoms with Crippen molar-refractivity contribution in [1.29, 1.82) is 0 Å². The molecule has 3 rings (SSSR count). The van der Waals surface area contributed by atoms with E-state index in [9.17, 15) is 0 Å². The number of aryl methyl sites for hydroxylation is 1. The summed E-state index contributed by atoms with van der Waals surface area (Å²) in [5.74, 6) is 0.901. The standard InChI is InChI=1S/C13H20N4/c1-11-7-14-12(15-8-11)17-5-3-13(4-6-17)9-16(2)10-13/h7-8H,3-6,9-10H2,1-2H3. The smallest absolute Gasteiger partial charge is 0.225 e. The van der Waals surface area contributed by atoms with Crippen molar-refractivity contribution in [3.8, 4) is 0 Å². The van der Waals surface area contributed by atoms with Crippen LogP contribution in [0.5, 0.6) is 0 Å². The van der Waals surface area contributed by atoms with Gasteiger partial charge < -0.3 is 9.80 Å². The number of likely N-dealkylation sites (tertiary alicyclic amines) is 1. The van der Waals surface area contributed by atoms with Crippen molar-refractivity contribution in [3.63, 3.8) is 0 Å². The molecule has 0 bridgehead atoms. The summed E-state index contributed by atoms with van der Waals surface area (Å²) >= 11 is 0. The molecule has 3 heterocycles. The third-order valence-electron chi connectivity index (χ3n) is 4.08. The molecule has 0 aliphatic carbocycles. The predicted octanol–water partition coefficient (Wildman–Crippen LogP) is 1.32. The van der Waals surface area contributed by atoms with E-state index in [2.05, 4.69) is 26.8 Å². The SMILES string of the molecule is Cc1cnc(N2CCC3(CC2)CN(C)C3)nc1. The molecule has 4 heteroatoms. The van der Waals surface area contributed by atoms with Gasteiger partial charge in [0, 0.05) is 38.6 Å². The maximum Gasteiger partial charge on any atom is 0.225 e. The van der Waals surface area contributed by atoms with Crippen LogP contribution >= 0.6 is 0 Å². The highest BCUT2D eigenvalue weighted by molar-refractivity contribution is 5.31. The fourth-order valence-electron chi connectivity index (χ4n) is 3.15. The van der Waals surface area contributed by atoms with Crippen LogP contribution in [0.3, 0.4) is 0 Å². The first-order valence-corrected chi connectivity index (χ1v) is 6.39. The van der Waals surface area contributed by atoms with Crippen molar-refractivity contribution in [1.82, 2.24) is 14.9 Å². The Balaban J connectivity index is 1.63. The number of rotatable bonds is 1. The van der Waals surface area contributed by atoms with Gasteiger partial charge in [0.2, 0.25) is 5.95 Å². The van der Waals surface area contributed by atoms with E-state index in [0.29, 0.717) is 5.41 Å². The number of hydrogen-bond donors (Lipinski definition) is 0. The van der Waals surface area contributed by atoms with Crippen LogP contribution in [0.2, 0.25) is 0 Å². The van der Waals surface area contributed by atoms with Gasteiger partial charge in [0.05, 0.1) is 0 Å². The molecule has 0 amide bonds. The Hall–Kier alpha value is -1.16. The Labute approximate surface area is 103 Å². The highest BCUT2D eigenvalue weighted by atomic mass is 15.3. The van der Waals surface area contributed by atoms with Gasteiger partial charge in [0.1, 0.15) is 0 Å². The summed E-state index contributed by atoms with van der Waals surface area (Å²) in [7, 11) is 2.21. The second kappa shape index (κ2) is 3.95. The van der Waals surface area contributed by atoms with Crippen LogP contribution in [0.4, 0.5) is 5.95 Å². The molecule has 1 spiro atoms. The zero-order valence-electron chi connectivity index (χ0n) is 10.7. The topological polar surface area (TPSA) is 32.3 Å². The molecule has 4 nitrogen and oxygen atoms in total. The molecule has 0 radical (unpaired) electrons. The Morgan fingerprint density at radius 2 is 1.71 bits per heavy atom. The maximum atomic E-state index is 4.41. The number of nitrogens with zero attached hydrogens (tertiary/aromatic N) is 4. The van der Waals surface area contributed by atoms with Gasteiger partial charge in [-0.25, -0.2) is 9.97 Å². The molecular weight excluding hydrogens is 212 g/mol. The Kier molecular flexibility index (Phi) is 2.54. The molecule has 2 aliphatic rings. The largest absolute Gasteiger partial charge is 0.341 e. The predicted molar refractivity (Wildman–Crippen MR) is 68.1 cm³/mol. The lowest BCUT2D eigenvalue weighted by atomic mass is 9.72. The van der Waals surface area contributed by atoms with Crippen molar-refractivity contribution in [2.75, 3.05) is 38.1 Å². The summed E-state index contributed by atoms with van der Waals surface area (Å²) in [5.41, 5.74) is 1.73. The van der Waals surface area contributed by atoms with Gasteiger partial charge >= 0.3 is 0 Å². The van der Waals surface area contributed by atoms with E-state index in [-0.39, 0.29) is 0 Å². The van der Waals surface area contributed by atoms with Crippen molar-refractivity contribution in [2.24, 2.45) is 5.41 Å². The van der Waals surface area contributed by atoms with E-state index in [1.54, 1.807) is 0 Å². The highest BCUT2D eigenvalue weighted by Crippen LogP contribution is 2.39. The molecule has 0 saturated carbocycles. The second-order valence-corrected chi connectivity index (χ2v) is 5.72. The van der Waals surface area contributed by atoms with E-state index in [0.717, 1.165) is 24.6 Å². The minimum atomic E-state index is 0.607. The van der Waals surface area contributed by atoms with E-state index >= 15 is 0 Å². The van der Waals surface area contributed by atoms with Gasteiger partial charge in [-0.3, -0.25) is 0 Å². The molecular formula is C13H20N4. The fourth-order valence-corrected chi connectivity index (χ4v) is 3.15. The highest BCUT2D eigenvalue weighted by Gasteiger charge is 2.43. The number of hydrogen-bond acceptors (Lipinski definition) is 4. The molecule has 92 valence electrons. The van der Waals surface area contributed by atoms with Gasteiger partial charge in [-0.2, -0.15) is 0 Å². The van der Waals surface area contributed by atoms with Crippen molar-refractivity contribution in [2.45, 2.75) is 19.8 Å². The molecule has 2 fully saturated rings. The summed E-state index contributed by atoms with van der Waals surface area (Å²) in [6.45, 7) is 6.79. The lowest BCUT2D eigenvalue weighted by Gasteiger charge is -2.52. The second-order valence-electron chi connectivity index (χ2n) is 5.72. The lowest BCUT2D eigenvalue weighted by molar-refractivity contribution is 0.00110. The van der Waals surface area contributed by atoms with E-state index in [1.165, 1.54) is 25.9 Å².